The lowest BCUT2D eigenvalue weighted by Crippen LogP contribution is -2.18. The van der Waals surface area contributed by atoms with Gasteiger partial charge in [0.2, 0.25) is 0 Å². The van der Waals surface area contributed by atoms with Crippen molar-refractivity contribution in [1.82, 2.24) is 9.78 Å². The van der Waals surface area contributed by atoms with Gasteiger partial charge in [0.05, 0.1) is 23.5 Å². The SMILES string of the molecule is CCOC(=O)c1cnn(-c2ccc(Cl)cc2Cl)c1C(F)(F)F. The highest BCUT2D eigenvalue weighted by Crippen LogP contribution is 2.35. The summed E-state index contributed by atoms with van der Waals surface area (Å²) in [7, 11) is 0. The smallest absolute Gasteiger partial charge is 0.434 e. The van der Waals surface area contributed by atoms with Crippen LogP contribution >= 0.6 is 23.2 Å². The second-order valence-electron chi connectivity index (χ2n) is 4.13. The van der Waals surface area contributed by atoms with Gasteiger partial charge >= 0.3 is 12.1 Å². The molecule has 0 aliphatic heterocycles. The van der Waals surface area contributed by atoms with Gasteiger partial charge in [0.15, 0.2) is 5.69 Å². The van der Waals surface area contributed by atoms with E-state index in [2.05, 4.69) is 9.84 Å². The van der Waals surface area contributed by atoms with Gasteiger partial charge in [0, 0.05) is 5.02 Å². The maximum Gasteiger partial charge on any atom is 0.434 e. The molecule has 0 aliphatic rings. The molecule has 0 saturated heterocycles. The molecule has 1 aromatic heterocycles. The van der Waals surface area contributed by atoms with Gasteiger partial charge in [-0.25, -0.2) is 9.48 Å². The number of alkyl halides is 3. The van der Waals surface area contributed by atoms with Gasteiger partial charge in [-0.05, 0) is 25.1 Å². The second-order valence-corrected chi connectivity index (χ2v) is 4.98. The van der Waals surface area contributed by atoms with Crippen LogP contribution in [0.5, 0.6) is 0 Å². The van der Waals surface area contributed by atoms with Gasteiger partial charge in [-0.2, -0.15) is 18.3 Å². The van der Waals surface area contributed by atoms with Crippen molar-refractivity contribution in [2.45, 2.75) is 13.1 Å². The number of rotatable bonds is 3. The Bertz CT molecular complexity index is 714. The number of nitrogens with zero attached hydrogens (tertiary/aromatic N) is 2. The molecule has 118 valence electrons. The van der Waals surface area contributed by atoms with Crippen molar-refractivity contribution < 1.29 is 22.7 Å². The van der Waals surface area contributed by atoms with Crippen LogP contribution in [0.2, 0.25) is 10.0 Å². The van der Waals surface area contributed by atoms with E-state index in [0.29, 0.717) is 4.68 Å². The van der Waals surface area contributed by atoms with Crippen molar-refractivity contribution in [1.29, 1.82) is 0 Å². The topological polar surface area (TPSA) is 44.1 Å². The zero-order valence-corrected chi connectivity index (χ0v) is 12.6. The zero-order chi connectivity index (χ0) is 16.5. The maximum atomic E-state index is 13.3. The standard InChI is InChI=1S/C13H9Cl2F3N2O2/c1-2-22-12(21)8-6-19-20(11(8)13(16,17)18)10-4-3-7(14)5-9(10)15/h3-6H,2H2,1H3. The van der Waals surface area contributed by atoms with E-state index in [-0.39, 0.29) is 22.3 Å². The Hall–Kier alpha value is -1.73. The molecule has 0 N–H and O–H groups in total. The third-order valence-electron chi connectivity index (χ3n) is 2.67. The Morgan fingerprint density at radius 2 is 2.05 bits per heavy atom. The summed E-state index contributed by atoms with van der Waals surface area (Å²) >= 11 is 11.6. The molecular formula is C13H9Cl2F3N2O2. The van der Waals surface area contributed by atoms with Gasteiger partial charge < -0.3 is 4.74 Å². The van der Waals surface area contributed by atoms with E-state index in [1.54, 1.807) is 0 Å². The van der Waals surface area contributed by atoms with Crippen molar-refractivity contribution in [3.63, 3.8) is 0 Å². The summed E-state index contributed by atoms with van der Waals surface area (Å²) in [5.74, 6) is -1.11. The highest BCUT2D eigenvalue weighted by molar-refractivity contribution is 6.35. The summed E-state index contributed by atoms with van der Waals surface area (Å²) in [6.07, 6.45) is -4.02. The number of esters is 1. The first-order valence-corrected chi connectivity index (χ1v) is 6.79. The molecule has 0 aliphatic carbocycles. The minimum Gasteiger partial charge on any atom is -0.462 e. The van der Waals surface area contributed by atoms with Crippen LogP contribution in [0.4, 0.5) is 13.2 Å². The molecular weight excluding hydrogens is 344 g/mol. The monoisotopic (exact) mass is 352 g/mol. The summed E-state index contributed by atoms with van der Waals surface area (Å²) < 4.78 is 45.1. The molecule has 4 nitrogen and oxygen atoms in total. The van der Waals surface area contributed by atoms with E-state index < -0.39 is 23.4 Å². The normalized spacial score (nSPS) is 11.5. The predicted octanol–water partition coefficient (Wildman–Crippen LogP) is 4.37. The fourth-order valence-corrected chi connectivity index (χ4v) is 2.30. The van der Waals surface area contributed by atoms with Crippen LogP contribution in [0.15, 0.2) is 24.4 Å². The molecule has 0 unspecified atom stereocenters. The fourth-order valence-electron chi connectivity index (χ4n) is 1.82. The third kappa shape index (κ3) is 3.20. The number of halogens is 5. The molecule has 2 rings (SSSR count). The summed E-state index contributed by atoms with van der Waals surface area (Å²) in [6.45, 7) is 1.44. The molecule has 22 heavy (non-hydrogen) atoms. The molecule has 0 spiro atoms. The van der Waals surface area contributed by atoms with Crippen LogP contribution in [0.3, 0.4) is 0 Å². The fraction of sp³-hybridized carbons (Fsp3) is 0.231. The number of hydrogen-bond acceptors (Lipinski definition) is 3. The van der Waals surface area contributed by atoms with Gasteiger partial charge in [0.1, 0.15) is 5.56 Å². The first-order valence-electron chi connectivity index (χ1n) is 6.03. The maximum absolute atomic E-state index is 13.3. The average Bonchev–Trinajstić information content (AvgIpc) is 2.83. The molecule has 1 aromatic carbocycles. The first kappa shape index (κ1) is 16.6. The summed E-state index contributed by atoms with van der Waals surface area (Å²) in [6, 6.07) is 3.93. The van der Waals surface area contributed by atoms with E-state index in [4.69, 9.17) is 23.2 Å². The van der Waals surface area contributed by atoms with Gasteiger partial charge in [-0.3, -0.25) is 0 Å². The number of benzene rings is 1. The van der Waals surface area contributed by atoms with Gasteiger partial charge in [-0.1, -0.05) is 23.2 Å². The van der Waals surface area contributed by atoms with Crippen molar-refractivity contribution in [3.8, 4) is 5.69 Å². The molecule has 0 atom stereocenters. The lowest BCUT2D eigenvalue weighted by Gasteiger charge is -2.13. The van der Waals surface area contributed by atoms with Crippen LogP contribution in [0, 0.1) is 0 Å². The summed E-state index contributed by atoms with van der Waals surface area (Å²) in [5.41, 5.74) is -1.98. The Labute approximate surface area is 133 Å². The number of carbonyl (C=O) groups is 1. The molecule has 0 bridgehead atoms. The molecule has 0 radical (unpaired) electrons. The van der Waals surface area contributed by atoms with Crippen LogP contribution in [-0.2, 0) is 10.9 Å². The Morgan fingerprint density at radius 3 is 2.59 bits per heavy atom. The quantitative estimate of drug-likeness (QED) is 0.770. The molecule has 9 heteroatoms. The molecule has 0 amide bonds. The van der Waals surface area contributed by atoms with E-state index >= 15 is 0 Å². The van der Waals surface area contributed by atoms with E-state index in [9.17, 15) is 18.0 Å². The van der Waals surface area contributed by atoms with E-state index in [1.165, 1.54) is 25.1 Å². The van der Waals surface area contributed by atoms with Crippen molar-refractivity contribution >= 4 is 29.2 Å². The third-order valence-corrected chi connectivity index (χ3v) is 3.21. The van der Waals surface area contributed by atoms with Crippen molar-refractivity contribution in [2.24, 2.45) is 0 Å². The Kier molecular flexibility index (Phi) is 4.67. The minimum atomic E-state index is -4.82. The Morgan fingerprint density at radius 1 is 1.36 bits per heavy atom. The van der Waals surface area contributed by atoms with Gasteiger partial charge in [-0.15, -0.1) is 0 Å². The highest BCUT2D eigenvalue weighted by Gasteiger charge is 2.41. The lowest BCUT2D eigenvalue weighted by molar-refractivity contribution is -0.143. The van der Waals surface area contributed by atoms with Crippen LogP contribution in [0.1, 0.15) is 23.0 Å². The second kappa shape index (κ2) is 6.18. The molecule has 1 heterocycles. The van der Waals surface area contributed by atoms with Crippen molar-refractivity contribution in [3.05, 3.63) is 45.7 Å². The lowest BCUT2D eigenvalue weighted by atomic mass is 10.2. The summed E-state index contributed by atoms with van der Waals surface area (Å²) in [4.78, 5) is 11.7. The largest absolute Gasteiger partial charge is 0.462 e. The van der Waals surface area contributed by atoms with Crippen LogP contribution < -0.4 is 0 Å². The van der Waals surface area contributed by atoms with Crippen LogP contribution in [-0.4, -0.2) is 22.4 Å². The Balaban J connectivity index is 2.64. The molecule has 0 fully saturated rings. The number of carbonyl (C=O) groups excluding carboxylic acids is 1. The minimum absolute atomic E-state index is 0.0310. The summed E-state index contributed by atoms with van der Waals surface area (Å²) in [5, 5.41) is 3.85. The molecule has 0 saturated carbocycles. The highest BCUT2D eigenvalue weighted by atomic mass is 35.5. The van der Waals surface area contributed by atoms with E-state index in [0.717, 1.165) is 6.20 Å². The van der Waals surface area contributed by atoms with Crippen LogP contribution in [0.25, 0.3) is 5.69 Å². The van der Waals surface area contributed by atoms with E-state index in [1.807, 2.05) is 0 Å². The van der Waals surface area contributed by atoms with Crippen molar-refractivity contribution in [2.75, 3.05) is 6.61 Å². The number of ether oxygens (including phenoxy) is 1. The number of aromatic nitrogens is 2. The predicted molar refractivity (Wildman–Crippen MR) is 74.5 cm³/mol. The first-order chi connectivity index (χ1) is 10.3. The van der Waals surface area contributed by atoms with Gasteiger partial charge in [0.25, 0.3) is 0 Å². The average molecular weight is 353 g/mol. The molecule has 2 aromatic rings. The number of hydrogen-bond donors (Lipinski definition) is 0. The zero-order valence-electron chi connectivity index (χ0n) is 11.1.